The standard InChI is InChI=1S/C14H24N4O/c1-3-15-8-11-10-19-14(16-11)18-7-6-12-4-5-13(9-18)17(12)2/h10,12-13,15H,3-9H2,1-2H3. The molecule has 2 aliphatic rings. The minimum atomic E-state index is 0.664. The Hall–Kier alpha value is -1.07. The highest BCUT2D eigenvalue weighted by atomic mass is 16.4. The quantitative estimate of drug-likeness (QED) is 0.892. The van der Waals surface area contributed by atoms with E-state index in [1.807, 2.05) is 0 Å². The Labute approximate surface area is 115 Å². The van der Waals surface area contributed by atoms with Crippen molar-refractivity contribution in [1.82, 2.24) is 15.2 Å². The lowest BCUT2D eigenvalue weighted by molar-refractivity contribution is 0.254. The molecule has 2 bridgehead atoms. The Kier molecular flexibility index (Phi) is 3.75. The second-order valence-electron chi connectivity index (χ2n) is 5.69. The molecule has 0 amide bonds. The van der Waals surface area contributed by atoms with E-state index in [1.165, 1.54) is 19.3 Å². The molecular formula is C14H24N4O. The Morgan fingerprint density at radius 3 is 3.05 bits per heavy atom. The first-order valence-corrected chi connectivity index (χ1v) is 7.40. The number of aromatic nitrogens is 1. The van der Waals surface area contributed by atoms with Crippen LogP contribution in [0.4, 0.5) is 6.01 Å². The average molecular weight is 264 g/mol. The first-order valence-electron chi connectivity index (χ1n) is 7.40. The molecule has 1 N–H and O–H groups in total. The van der Waals surface area contributed by atoms with Crippen molar-refractivity contribution < 1.29 is 4.42 Å². The van der Waals surface area contributed by atoms with Crippen LogP contribution in [-0.2, 0) is 6.54 Å². The van der Waals surface area contributed by atoms with Crippen molar-refractivity contribution >= 4 is 6.01 Å². The van der Waals surface area contributed by atoms with Gasteiger partial charge in [0.05, 0.1) is 5.69 Å². The average Bonchev–Trinajstić information content (AvgIpc) is 2.94. The molecule has 0 radical (unpaired) electrons. The van der Waals surface area contributed by atoms with Crippen molar-refractivity contribution in [3.8, 4) is 0 Å². The zero-order chi connectivity index (χ0) is 13.2. The fourth-order valence-corrected chi connectivity index (χ4v) is 3.26. The van der Waals surface area contributed by atoms with Crippen LogP contribution >= 0.6 is 0 Å². The maximum atomic E-state index is 5.66. The van der Waals surface area contributed by atoms with Gasteiger partial charge in [-0.1, -0.05) is 6.92 Å². The van der Waals surface area contributed by atoms with Gasteiger partial charge in [0.1, 0.15) is 6.26 Å². The topological polar surface area (TPSA) is 44.5 Å². The van der Waals surface area contributed by atoms with Crippen molar-refractivity contribution in [2.24, 2.45) is 0 Å². The Morgan fingerprint density at radius 1 is 1.37 bits per heavy atom. The molecule has 5 nitrogen and oxygen atoms in total. The number of rotatable bonds is 4. The summed E-state index contributed by atoms with van der Waals surface area (Å²) in [6.45, 7) is 5.96. The zero-order valence-corrected chi connectivity index (χ0v) is 11.9. The molecular weight excluding hydrogens is 240 g/mol. The van der Waals surface area contributed by atoms with Crippen LogP contribution in [0.3, 0.4) is 0 Å². The summed E-state index contributed by atoms with van der Waals surface area (Å²) < 4.78 is 5.66. The molecule has 1 aromatic heterocycles. The second-order valence-corrected chi connectivity index (χ2v) is 5.69. The van der Waals surface area contributed by atoms with Crippen LogP contribution in [0.25, 0.3) is 0 Å². The number of nitrogens with one attached hydrogen (secondary N) is 1. The van der Waals surface area contributed by atoms with Crippen LogP contribution in [0.15, 0.2) is 10.7 Å². The van der Waals surface area contributed by atoms with E-state index in [4.69, 9.17) is 4.42 Å². The summed E-state index contributed by atoms with van der Waals surface area (Å²) in [6, 6.07) is 2.22. The van der Waals surface area contributed by atoms with Gasteiger partial charge < -0.3 is 14.6 Å². The maximum absolute atomic E-state index is 5.66. The molecule has 19 heavy (non-hydrogen) atoms. The molecule has 0 aromatic carbocycles. The number of anilines is 1. The summed E-state index contributed by atoms with van der Waals surface area (Å²) in [5.74, 6) is 0. The summed E-state index contributed by atoms with van der Waals surface area (Å²) in [5, 5.41) is 3.28. The lowest BCUT2D eigenvalue weighted by atomic mass is 10.1. The zero-order valence-electron chi connectivity index (χ0n) is 11.9. The van der Waals surface area contributed by atoms with Crippen LogP contribution in [-0.4, -0.2) is 48.6 Å². The molecule has 3 heterocycles. The van der Waals surface area contributed by atoms with Gasteiger partial charge in [-0.05, 0) is 32.9 Å². The number of hydrogen-bond acceptors (Lipinski definition) is 5. The Morgan fingerprint density at radius 2 is 2.21 bits per heavy atom. The summed E-state index contributed by atoms with van der Waals surface area (Å²) in [7, 11) is 2.26. The number of oxazole rings is 1. The number of hydrogen-bond donors (Lipinski definition) is 1. The van der Waals surface area contributed by atoms with Crippen molar-refractivity contribution in [2.45, 2.75) is 44.8 Å². The van der Waals surface area contributed by atoms with E-state index in [1.54, 1.807) is 6.26 Å². The summed E-state index contributed by atoms with van der Waals surface area (Å²) in [5.41, 5.74) is 1.000. The van der Waals surface area contributed by atoms with E-state index in [9.17, 15) is 0 Å². The van der Waals surface area contributed by atoms with Gasteiger partial charge in [0.15, 0.2) is 0 Å². The molecule has 2 atom stereocenters. The molecule has 1 aromatic rings. The Balaban J connectivity index is 1.67. The fourth-order valence-electron chi connectivity index (χ4n) is 3.26. The highest BCUT2D eigenvalue weighted by molar-refractivity contribution is 5.28. The predicted molar refractivity (Wildman–Crippen MR) is 75.3 cm³/mol. The Bertz CT molecular complexity index is 419. The highest BCUT2D eigenvalue weighted by Crippen LogP contribution is 2.30. The van der Waals surface area contributed by atoms with Gasteiger partial charge in [0, 0.05) is 31.7 Å². The summed E-state index contributed by atoms with van der Waals surface area (Å²) >= 11 is 0. The van der Waals surface area contributed by atoms with Gasteiger partial charge in [-0.15, -0.1) is 0 Å². The second kappa shape index (κ2) is 5.51. The first kappa shape index (κ1) is 12.9. The lowest BCUT2D eigenvalue weighted by Crippen LogP contribution is -2.36. The normalized spacial score (nSPS) is 27.8. The number of nitrogens with zero attached hydrogens (tertiary/aromatic N) is 3. The van der Waals surface area contributed by atoms with Crippen molar-refractivity contribution in [2.75, 3.05) is 31.6 Å². The summed E-state index contributed by atoms with van der Waals surface area (Å²) in [4.78, 5) is 9.46. The third-order valence-electron chi connectivity index (χ3n) is 4.51. The van der Waals surface area contributed by atoms with Crippen LogP contribution in [0.5, 0.6) is 0 Å². The predicted octanol–water partition coefficient (Wildman–Crippen LogP) is 1.46. The molecule has 2 fully saturated rings. The van der Waals surface area contributed by atoms with E-state index >= 15 is 0 Å². The monoisotopic (exact) mass is 264 g/mol. The minimum absolute atomic E-state index is 0.664. The van der Waals surface area contributed by atoms with Gasteiger partial charge in [-0.2, -0.15) is 4.98 Å². The van der Waals surface area contributed by atoms with Crippen LogP contribution in [0.1, 0.15) is 31.9 Å². The van der Waals surface area contributed by atoms with Crippen molar-refractivity contribution in [1.29, 1.82) is 0 Å². The molecule has 3 rings (SSSR count). The van der Waals surface area contributed by atoms with E-state index < -0.39 is 0 Å². The van der Waals surface area contributed by atoms with E-state index in [0.29, 0.717) is 6.04 Å². The largest absolute Gasteiger partial charge is 0.432 e. The third-order valence-corrected chi connectivity index (χ3v) is 4.51. The van der Waals surface area contributed by atoms with E-state index in [0.717, 1.165) is 43.9 Å². The lowest BCUT2D eigenvalue weighted by Gasteiger charge is -2.24. The van der Waals surface area contributed by atoms with E-state index in [2.05, 4.69) is 34.1 Å². The molecule has 0 saturated carbocycles. The third kappa shape index (κ3) is 2.62. The number of fused-ring (bicyclic) bond motifs is 2. The van der Waals surface area contributed by atoms with Crippen molar-refractivity contribution in [3.05, 3.63) is 12.0 Å². The van der Waals surface area contributed by atoms with Crippen LogP contribution < -0.4 is 10.2 Å². The smallest absolute Gasteiger partial charge is 0.297 e. The molecule has 2 aliphatic heterocycles. The molecule has 0 aliphatic carbocycles. The van der Waals surface area contributed by atoms with Gasteiger partial charge >= 0.3 is 0 Å². The molecule has 5 heteroatoms. The van der Waals surface area contributed by atoms with Crippen LogP contribution in [0, 0.1) is 0 Å². The fraction of sp³-hybridized carbons (Fsp3) is 0.786. The summed E-state index contributed by atoms with van der Waals surface area (Å²) in [6.07, 6.45) is 5.66. The van der Waals surface area contributed by atoms with Gasteiger partial charge in [-0.3, -0.25) is 4.90 Å². The van der Waals surface area contributed by atoms with E-state index in [-0.39, 0.29) is 0 Å². The van der Waals surface area contributed by atoms with Gasteiger partial charge in [0.25, 0.3) is 6.01 Å². The van der Waals surface area contributed by atoms with Gasteiger partial charge in [0.2, 0.25) is 0 Å². The molecule has 2 unspecified atom stereocenters. The molecule has 106 valence electrons. The first-order chi connectivity index (χ1) is 9.28. The molecule has 0 spiro atoms. The number of likely N-dealkylation sites (N-methyl/N-ethyl adjacent to an activating group) is 1. The van der Waals surface area contributed by atoms with Gasteiger partial charge in [-0.25, -0.2) is 0 Å². The highest BCUT2D eigenvalue weighted by Gasteiger charge is 2.35. The van der Waals surface area contributed by atoms with Crippen LogP contribution in [0.2, 0.25) is 0 Å². The SMILES string of the molecule is CCNCc1coc(N2CCC3CCC(C2)N3C)n1. The van der Waals surface area contributed by atoms with Crippen molar-refractivity contribution in [3.63, 3.8) is 0 Å². The minimum Gasteiger partial charge on any atom is -0.432 e. The molecule has 2 saturated heterocycles. The maximum Gasteiger partial charge on any atom is 0.297 e.